The number of hydrogen-bond donors (Lipinski definition) is 1. The molecule has 0 saturated carbocycles. The highest BCUT2D eigenvalue weighted by Crippen LogP contribution is 2.35. The van der Waals surface area contributed by atoms with Crippen LogP contribution in [-0.2, 0) is 51.1 Å². The molecule has 2 aliphatic heterocycles. The number of benzene rings is 5. The lowest BCUT2D eigenvalue weighted by Crippen LogP contribution is -2.46. The number of ether oxygens (including phenoxy) is 8. The first-order valence-electron chi connectivity index (χ1n) is 18.6. The molecule has 12 nitrogen and oxygen atoms in total. The molecule has 12 heteroatoms. The predicted octanol–water partition coefficient (Wildman–Crippen LogP) is 5.92. The molecule has 8 atom stereocenters. The molecule has 2 aliphatic rings. The van der Waals surface area contributed by atoms with Gasteiger partial charge < -0.3 is 43.0 Å². The first-order valence-corrected chi connectivity index (χ1v) is 18.6. The smallest absolute Gasteiger partial charge is 0.338 e. The van der Waals surface area contributed by atoms with E-state index >= 15 is 0 Å². The maximum atomic E-state index is 13.3. The van der Waals surface area contributed by atoms with Gasteiger partial charge in [0, 0.05) is 0 Å². The van der Waals surface area contributed by atoms with E-state index in [9.17, 15) is 19.5 Å². The molecule has 0 aliphatic carbocycles. The molecule has 2 heterocycles. The van der Waals surface area contributed by atoms with Crippen molar-refractivity contribution in [2.75, 3.05) is 13.2 Å². The normalized spacial score (nSPS) is 24.1. The summed E-state index contributed by atoms with van der Waals surface area (Å²) in [5.41, 5.74) is 2.63. The molecule has 0 amide bonds. The monoisotopic (exact) mass is 774 g/mol. The zero-order chi connectivity index (χ0) is 39.4. The highest BCUT2D eigenvalue weighted by Gasteiger charge is 2.54. The largest absolute Gasteiger partial charge is 0.459 e. The fourth-order valence-electron chi connectivity index (χ4n) is 6.53. The Bertz CT molecular complexity index is 2020. The van der Waals surface area contributed by atoms with Crippen LogP contribution >= 0.6 is 0 Å². The van der Waals surface area contributed by atoms with E-state index in [4.69, 9.17) is 37.9 Å². The van der Waals surface area contributed by atoms with Crippen molar-refractivity contribution in [2.24, 2.45) is 0 Å². The van der Waals surface area contributed by atoms with E-state index in [1.54, 1.807) is 91.0 Å². The Labute approximate surface area is 329 Å². The van der Waals surface area contributed by atoms with Gasteiger partial charge in [0.2, 0.25) is 0 Å². The number of hydrogen-bond acceptors (Lipinski definition) is 12. The van der Waals surface area contributed by atoms with Crippen LogP contribution in [0.3, 0.4) is 0 Å². The number of carbonyl (C=O) groups excluding carboxylic acids is 3. The Kier molecular flexibility index (Phi) is 13.5. The quantitative estimate of drug-likeness (QED) is 0.0938. The lowest BCUT2D eigenvalue weighted by Gasteiger charge is -2.29. The third-order valence-electron chi connectivity index (χ3n) is 9.44. The molecular formula is C45H42O12. The Morgan fingerprint density at radius 2 is 0.877 bits per heavy atom. The topological polar surface area (TPSA) is 145 Å². The van der Waals surface area contributed by atoms with Crippen LogP contribution < -0.4 is 0 Å². The van der Waals surface area contributed by atoms with E-state index in [0.29, 0.717) is 11.1 Å². The number of aliphatic hydroxyl groups is 1. The van der Waals surface area contributed by atoms with Crippen LogP contribution in [0, 0.1) is 0 Å². The van der Waals surface area contributed by atoms with Gasteiger partial charge in [0.15, 0.2) is 18.7 Å². The predicted molar refractivity (Wildman–Crippen MR) is 204 cm³/mol. The molecule has 5 aromatic rings. The van der Waals surface area contributed by atoms with E-state index in [1.165, 1.54) is 0 Å². The summed E-state index contributed by atoms with van der Waals surface area (Å²) in [5, 5.41) is 11.2. The highest BCUT2D eigenvalue weighted by atomic mass is 16.8. The zero-order valence-corrected chi connectivity index (χ0v) is 30.8. The van der Waals surface area contributed by atoms with Crippen molar-refractivity contribution in [1.82, 2.24) is 0 Å². The Hall–Kier alpha value is -5.73. The fourth-order valence-corrected chi connectivity index (χ4v) is 6.53. The van der Waals surface area contributed by atoms with Gasteiger partial charge in [-0.3, -0.25) is 0 Å². The van der Waals surface area contributed by atoms with Gasteiger partial charge in [0.25, 0.3) is 0 Å². The van der Waals surface area contributed by atoms with Crippen molar-refractivity contribution in [3.05, 3.63) is 179 Å². The third kappa shape index (κ3) is 10.4. The summed E-state index contributed by atoms with van der Waals surface area (Å²) in [6, 6.07) is 44.2. The number of aliphatic hydroxyl groups excluding tert-OH is 1. The van der Waals surface area contributed by atoms with Crippen molar-refractivity contribution in [1.29, 1.82) is 0 Å². The van der Waals surface area contributed by atoms with E-state index < -0.39 is 67.1 Å². The van der Waals surface area contributed by atoms with Gasteiger partial charge >= 0.3 is 17.9 Å². The van der Waals surface area contributed by atoms with Crippen molar-refractivity contribution >= 4 is 17.9 Å². The summed E-state index contributed by atoms with van der Waals surface area (Å²) in [6.07, 6.45) is -9.39. The van der Waals surface area contributed by atoms with Crippen LogP contribution in [0.4, 0.5) is 0 Å². The van der Waals surface area contributed by atoms with Crippen molar-refractivity contribution in [3.63, 3.8) is 0 Å². The lowest BCUT2D eigenvalue weighted by molar-refractivity contribution is -0.224. The SMILES string of the molecule is O=C(OC[C@H]1O[C@H](O[C@H]2[C@H](OC(=O)c3ccccc3)[C@@H](O)O[C@@H]2COC(=O)c2ccccc2)[C@@H](OCc2ccccc2)[C@@H]1OCc1ccccc1)c1ccccc1. The Balaban J connectivity index is 1.17. The van der Waals surface area contributed by atoms with Gasteiger partial charge in [-0.2, -0.15) is 0 Å². The Morgan fingerprint density at radius 3 is 1.35 bits per heavy atom. The minimum atomic E-state index is -1.67. The van der Waals surface area contributed by atoms with Gasteiger partial charge in [-0.15, -0.1) is 0 Å². The van der Waals surface area contributed by atoms with E-state index in [-0.39, 0.29) is 32.0 Å². The molecule has 57 heavy (non-hydrogen) atoms. The van der Waals surface area contributed by atoms with Gasteiger partial charge in [-0.05, 0) is 47.5 Å². The summed E-state index contributed by atoms with van der Waals surface area (Å²) < 4.78 is 49.2. The molecule has 294 valence electrons. The molecule has 0 bridgehead atoms. The van der Waals surface area contributed by atoms with Crippen LogP contribution in [0.25, 0.3) is 0 Å². The van der Waals surface area contributed by atoms with E-state index in [2.05, 4.69) is 0 Å². The number of rotatable bonds is 16. The van der Waals surface area contributed by atoms with Crippen molar-refractivity contribution in [3.8, 4) is 0 Å². The van der Waals surface area contributed by atoms with Gasteiger partial charge in [0.05, 0.1) is 29.9 Å². The van der Waals surface area contributed by atoms with Crippen molar-refractivity contribution < 1.29 is 57.4 Å². The second-order valence-electron chi connectivity index (χ2n) is 13.4. The maximum Gasteiger partial charge on any atom is 0.338 e. The number of carbonyl (C=O) groups is 3. The van der Waals surface area contributed by atoms with Crippen molar-refractivity contribution in [2.45, 2.75) is 62.4 Å². The van der Waals surface area contributed by atoms with Gasteiger partial charge in [-0.25, -0.2) is 14.4 Å². The molecule has 0 radical (unpaired) electrons. The second kappa shape index (κ2) is 19.4. The zero-order valence-electron chi connectivity index (χ0n) is 30.8. The standard InChI is InChI=1S/C45H42O12/c46-41(32-20-10-3-11-21-32)52-28-35-37(50-26-30-16-6-1-7-17-30)40(51-27-31-18-8-2-9-19-31)45(55-35)57-38-36(29-53-42(47)33-22-12-4-13-23-33)54-44(49)39(38)56-43(48)34-24-14-5-15-25-34/h1-25,35-40,44-45,49H,26-29H2/t35-,36-,37-,38-,39+,40+,44+,45-/m1/s1. The van der Waals surface area contributed by atoms with Crippen LogP contribution in [0.15, 0.2) is 152 Å². The molecule has 0 spiro atoms. The van der Waals surface area contributed by atoms with Crippen LogP contribution in [0.5, 0.6) is 0 Å². The number of esters is 3. The second-order valence-corrected chi connectivity index (χ2v) is 13.4. The maximum absolute atomic E-state index is 13.3. The summed E-state index contributed by atoms with van der Waals surface area (Å²) in [4.78, 5) is 39.4. The van der Waals surface area contributed by atoms with E-state index in [1.807, 2.05) is 60.7 Å². The third-order valence-corrected chi connectivity index (χ3v) is 9.44. The first kappa shape index (κ1) is 39.5. The molecule has 0 aromatic heterocycles. The minimum absolute atomic E-state index is 0.130. The fraction of sp³-hybridized carbons (Fsp3) is 0.267. The molecule has 1 N–H and O–H groups in total. The lowest BCUT2D eigenvalue weighted by atomic mass is 10.1. The first-order chi connectivity index (χ1) is 27.9. The average Bonchev–Trinajstić information content (AvgIpc) is 3.75. The average molecular weight is 775 g/mol. The molecule has 0 unspecified atom stereocenters. The Morgan fingerprint density at radius 1 is 0.474 bits per heavy atom. The summed E-state index contributed by atoms with van der Waals surface area (Å²) in [7, 11) is 0. The summed E-state index contributed by atoms with van der Waals surface area (Å²) in [5.74, 6) is -1.93. The van der Waals surface area contributed by atoms with Crippen LogP contribution in [-0.4, -0.2) is 85.4 Å². The van der Waals surface area contributed by atoms with E-state index in [0.717, 1.165) is 11.1 Å². The minimum Gasteiger partial charge on any atom is -0.459 e. The van der Waals surface area contributed by atoms with Gasteiger partial charge in [0.1, 0.15) is 43.7 Å². The highest BCUT2D eigenvalue weighted by molar-refractivity contribution is 5.90. The van der Waals surface area contributed by atoms with Crippen LogP contribution in [0.2, 0.25) is 0 Å². The molecule has 2 saturated heterocycles. The molecule has 7 rings (SSSR count). The molecule has 2 fully saturated rings. The summed E-state index contributed by atoms with van der Waals surface area (Å²) >= 11 is 0. The molecular weight excluding hydrogens is 732 g/mol. The molecule has 5 aromatic carbocycles. The summed E-state index contributed by atoms with van der Waals surface area (Å²) in [6.45, 7) is -0.308. The van der Waals surface area contributed by atoms with Crippen LogP contribution in [0.1, 0.15) is 42.2 Å². The van der Waals surface area contributed by atoms with Gasteiger partial charge in [-0.1, -0.05) is 115 Å².